The molecule has 0 saturated carbocycles. The normalized spacial score (nSPS) is 17.2. The molecule has 5 nitrogen and oxygen atoms in total. The molecule has 1 aromatic rings. The molecule has 2 rings (SSSR count). The second kappa shape index (κ2) is 5.68. The number of anilines is 1. The van der Waals surface area contributed by atoms with Gasteiger partial charge in [0.2, 0.25) is 10.1 Å². The fourth-order valence-corrected chi connectivity index (χ4v) is 3.19. The number of hydrogen-bond acceptors (Lipinski definition) is 6. The van der Waals surface area contributed by atoms with Crippen LogP contribution in [0.1, 0.15) is 22.6 Å². The first-order valence-electron chi connectivity index (χ1n) is 5.58. The summed E-state index contributed by atoms with van der Waals surface area (Å²) < 4.78 is 0. The summed E-state index contributed by atoms with van der Waals surface area (Å²) >= 11 is 3.20. The molecule has 1 aliphatic heterocycles. The molecular weight excluding hydrogens is 256 g/mol. The van der Waals surface area contributed by atoms with E-state index in [0.717, 1.165) is 25.9 Å². The highest BCUT2D eigenvalue weighted by Gasteiger charge is 2.25. The van der Waals surface area contributed by atoms with Crippen molar-refractivity contribution in [1.82, 2.24) is 15.1 Å². The Balaban J connectivity index is 1.96. The minimum atomic E-state index is 0.0172. The van der Waals surface area contributed by atoms with Gasteiger partial charge in [0, 0.05) is 25.4 Å². The Labute approximate surface area is 109 Å². The Morgan fingerprint density at radius 1 is 1.47 bits per heavy atom. The van der Waals surface area contributed by atoms with Crippen molar-refractivity contribution in [3.8, 4) is 0 Å². The summed E-state index contributed by atoms with van der Waals surface area (Å²) in [4.78, 5) is 14.0. The molecule has 1 aromatic heterocycles. The van der Waals surface area contributed by atoms with Gasteiger partial charge in [-0.25, -0.2) is 0 Å². The number of piperidine rings is 1. The van der Waals surface area contributed by atoms with Crippen LogP contribution >= 0.6 is 23.1 Å². The van der Waals surface area contributed by atoms with Crippen molar-refractivity contribution < 1.29 is 4.79 Å². The number of rotatable bonds is 3. The van der Waals surface area contributed by atoms with Crippen LogP contribution in [0.25, 0.3) is 0 Å². The predicted octanol–water partition coefficient (Wildman–Crippen LogP) is 1.55. The first-order valence-corrected chi connectivity index (χ1v) is 7.68. The van der Waals surface area contributed by atoms with Gasteiger partial charge in [0.15, 0.2) is 0 Å². The van der Waals surface area contributed by atoms with Gasteiger partial charge in [0.25, 0.3) is 5.91 Å². The first kappa shape index (κ1) is 12.6. The van der Waals surface area contributed by atoms with Gasteiger partial charge in [-0.05, 0) is 19.1 Å². The second-order valence-corrected chi connectivity index (χ2v) is 6.01. The number of likely N-dealkylation sites (tertiary alicyclic amines) is 1. The maximum absolute atomic E-state index is 12.1. The topological polar surface area (TPSA) is 58.1 Å². The summed E-state index contributed by atoms with van der Waals surface area (Å²) in [6.07, 6.45) is 4.28. The molecule has 0 aliphatic carbocycles. The maximum Gasteiger partial charge on any atom is 0.284 e. The van der Waals surface area contributed by atoms with E-state index < -0.39 is 0 Å². The van der Waals surface area contributed by atoms with Crippen molar-refractivity contribution in [2.24, 2.45) is 0 Å². The summed E-state index contributed by atoms with van der Waals surface area (Å²) in [6, 6.07) is 0. The first-order chi connectivity index (χ1) is 8.24. The zero-order valence-electron chi connectivity index (χ0n) is 9.97. The largest absolute Gasteiger partial charge is 0.363 e. The van der Waals surface area contributed by atoms with Gasteiger partial charge < -0.3 is 10.2 Å². The smallest absolute Gasteiger partial charge is 0.284 e. The monoisotopic (exact) mass is 272 g/mol. The number of nitrogens with zero attached hydrogens (tertiary/aromatic N) is 3. The van der Waals surface area contributed by atoms with Crippen molar-refractivity contribution >= 4 is 34.1 Å². The highest BCUT2D eigenvalue weighted by Crippen LogP contribution is 2.23. The fraction of sp³-hybridized carbons (Fsp3) is 0.700. The van der Waals surface area contributed by atoms with Crippen molar-refractivity contribution in [3.05, 3.63) is 5.01 Å². The molecule has 2 heterocycles. The Kier molecular flexibility index (Phi) is 4.22. The lowest BCUT2D eigenvalue weighted by molar-refractivity contribution is 0.0726. The average molecular weight is 272 g/mol. The zero-order valence-corrected chi connectivity index (χ0v) is 11.6. The van der Waals surface area contributed by atoms with Gasteiger partial charge in [-0.1, -0.05) is 11.3 Å². The van der Waals surface area contributed by atoms with Crippen molar-refractivity contribution in [2.45, 2.75) is 18.1 Å². The van der Waals surface area contributed by atoms with E-state index >= 15 is 0 Å². The molecule has 0 aromatic carbocycles. The highest BCUT2D eigenvalue weighted by molar-refractivity contribution is 7.99. The van der Waals surface area contributed by atoms with Gasteiger partial charge in [0.1, 0.15) is 0 Å². The van der Waals surface area contributed by atoms with Crippen molar-refractivity contribution in [3.63, 3.8) is 0 Å². The third-order valence-corrected chi connectivity index (χ3v) is 4.95. The third-order valence-electron chi connectivity index (χ3n) is 2.88. The Morgan fingerprint density at radius 2 is 2.18 bits per heavy atom. The van der Waals surface area contributed by atoms with Crippen LogP contribution in [-0.2, 0) is 0 Å². The fourth-order valence-electron chi connectivity index (χ4n) is 1.84. The Morgan fingerprint density at radius 3 is 2.71 bits per heavy atom. The van der Waals surface area contributed by atoms with Crippen LogP contribution in [0.3, 0.4) is 0 Å². The molecule has 1 fully saturated rings. The van der Waals surface area contributed by atoms with E-state index in [1.807, 2.05) is 16.7 Å². The molecule has 1 N–H and O–H groups in total. The summed E-state index contributed by atoms with van der Waals surface area (Å²) in [6.45, 7) is 1.66. The molecule has 7 heteroatoms. The van der Waals surface area contributed by atoms with E-state index in [1.54, 1.807) is 7.05 Å². The number of carbonyl (C=O) groups is 1. The molecule has 1 aliphatic rings. The average Bonchev–Trinajstić information content (AvgIpc) is 2.87. The Bertz CT molecular complexity index is 387. The van der Waals surface area contributed by atoms with E-state index in [4.69, 9.17) is 0 Å². The van der Waals surface area contributed by atoms with Crippen LogP contribution in [0.5, 0.6) is 0 Å². The molecule has 0 unspecified atom stereocenters. The lowest BCUT2D eigenvalue weighted by atomic mass is 10.1. The van der Waals surface area contributed by atoms with Gasteiger partial charge in [-0.2, -0.15) is 11.8 Å². The lowest BCUT2D eigenvalue weighted by Gasteiger charge is -2.30. The van der Waals surface area contributed by atoms with Crippen LogP contribution in [0.2, 0.25) is 0 Å². The van der Waals surface area contributed by atoms with Gasteiger partial charge in [-0.15, -0.1) is 10.2 Å². The quantitative estimate of drug-likeness (QED) is 0.904. The zero-order chi connectivity index (χ0) is 12.3. The standard InChI is InChI=1S/C10H16N4OS2/c1-11-10-13-12-8(17-10)9(15)14-5-3-7(16-2)4-6-14/h7H,3-6H2,1-2H3,(H,11,13). The molecule has 0 atom stereocenters. The number of amides is 1. The van der Waals surface area contributed by atoms with Crippen LogP contribution < -0.4 is 5.32 Å². The van der Waals surface area contributed by atoms with E-state index in [0.29, 0.717) is 15.4 Å². The number of thioether (sulfide) groups is 1. The molecule has 0 radical (unpaired) electrons. The van der Waals surface area contributed by atoms with E-state index in [-0.39, 0.29) is 5.91 Å². The number of carbonyl (C=O) groups excluding carboxylic acids is 1. The molecule has 0 spiro atoms. The van der Waals surface area contributed by atoms with Crippen LogP contribution in [0.4, 0.5) is 5.13 Å². The molecule has 1 amide bonds. The number of nitrogens with one attached hydrogen (secondary N) is 1. The Hall–Kier alpha value is -0.820. The molecule has 94 valence electrons. The summed E-state index contributed by atoms with van der Waals surface area (Å²) in [7, 11) is 1.78. The van der Waals surface area contributed by atoms with Gasteiger partial charge in [0.05, 0.1) is 0 Å². The van der Waals surface area contributed by atoms with E-state index in [2.05, 4.69) is 21.8 Å². The molecule has 17 heavy (non-hydrogen) atoms. The summed E-state index contributed by atoms with van der Waals surface area (Å²) in [5.41, 5.74) is 0. The minimum absolute atomic E-state index is 0.0172. The van der Waals surface area contributed by atoms with Crippen molar-refractivity contribution in [2.75, 3.05) is 31.7 Å². The van der Waals surface area contributed by atoms with Crippen LogP contribution in [-0.4, -0.2) is 52.6 Å². The SMILES string of the molecule is CNc1nnc(C(=O)N2CCC(SC)CC2)s1. The molecule has 0 bridgehead atoms. The van der Waals surface area contributed by atoms with Crippen LogP contribution in [0, 0.1) is 0 Å². The van der Waals surface area contributed by atoms with Crippen molar-refractivity contribution in [1.29, 1.82) is 0 Å². The highest BCUT2D eigenvalue weighted by atomic mass is 32.2. The molecule has 1 saturated heterocycles. The molecular formula is C10H16N4OS2. The van der Waals surface area contributed by atoms with Gasteiger partial charge >= 0.3 is 0 Å². The van der Waals surface area contributed by atoms with Crippen LogP contribution in [0.15, 0.2) is 0 Å². The van der Waals surface area contributed by atoms with Gasteiger partial charge in [-0.3, -0.25) is 4.79 Å². The lowest BCUT2D eigenvalue weighted by Crippen LogP contribution is -2.39. The second-order valence-electron chi connectivity index (χ2n) is 3.89. The van der Waals surface area contributed by atoms with E-state index in [9.17, 15) is 4.79 Å². The summed E-state index contributed by atoms with van der Waals surface area (Å²) in [5, 5.41) is 12.6. The number of aromatic nitrogens is 2. The van der Waals surface area contributed by atoms with E-state index in [1.165, 1.54) is 11.3 Å². The third kappa shape index (κ3) is 2.90. The minimum Gasteiger partial charge on any atom is -0.363 e. The number of hydrogen-bond donors (Lipinski definition) is 1. The predicted molar refractivity (Wildman–Crippen MR) is 71.9 cm³/mol. The maximum atomic E-state index is 12.1. The summed E-state index contributed by atoms with van der Waals surface area (Å²) in [5.74, 6) is 0.0172.